The second-order valence-electron chi connectivity index (χ2n) is 7.19. The third kappa shape index (κ3) is 2.80. The highest BCUT2D eigenvalue weighted by Gasteiger charge is 2.41. The van der Waals surface area contributed by atoms with E-state index in [-0.39, 0.29) is 10.7 Å². The Bertz CT molecular complexity index is 881. The molecule has 0 N–H and O–H groups in total. The van der Waals surface area contributed by atoms with Gasteiger partial charge in [-0.05, 0) is 35.4 Å². The molecule has 0 aliphatic carbocycles. The van der Waals surface area contributed by atoms with E-state index in [0.717, 1.165) is 23.1 Å². The van der Waals surface area contributed by atoms with Crippen LogP contribution in [0.25, 0.3) is 0 Å². The molecule has 2 aromatic carbocycles. The van der Waals surface area contributed by atoms with Gasteiger partial charge >= 0.3 is 0 Å². The van der Waals surface area contributed by atoms with Crippen LogP contribution in [0.5, 0.6) is 23.0 Å². The van der Waals surface area contributed by atoms with Gasteiger partial charge in [0.1, 0.15) is 12.6 Å². The Morgan fingerprint density at radius 2 is 1.30 bits per heavy atom. The first-order chi connectivity index (χ1) is 13.0. The molecule has 0 saturated carbocycles. The maximum atomic E-state index is 13.7. The first-order valence-corrected chi connectivity index (χ1v) is 9.09. The van der Waals surface area contributed by atoms with E-state index in [1.54, 1.807) is 28.4 Å². The van der Waals surface area contributed by atoms with Crippen molar-refractivity contribution in [3.8, 4) is 23.0 Å². The number of fused-ring (bicyclic) bond motifs is 4. The lowest BCUT2D eigenvalue weighted by molar-refractivity contribution is -0.928. The second-order valence-corrected chi connectivity index (χ2v) is 7.19. The van der Waals surface area contributed by atoms with Crippen molar-refractivity contribution in [2.24, 2.45) is 0 Å². The summed E-state index contributed by atoms with van der Waals surface area (Å²) < 4.78 is 21.5. The van der Waals surface area contributed by atoms with Crippen LogP contribution in [0.4, 0.5) is 0 Å². The summed E-state index contributed by atoms with van der Waals surface area (Å²) in [6.07, 6.45) is 1.40. The van der Waals surface area contributed by atoms with Crippen LogP contribution in [0.3, 0.4) is 0 Å². The summed E-state index contributed by atoms with van der Waals surface area (Å²) in [6, 6.07) is 7.80. The highest BCUT2D eigenvalue weighted by molar-refractivity contribution is 5.52. The SMILES string of the molecule is COc1cc2c(cc1OC)C[N+]1([O-])CCc3cc(OC)c(OC)cc3C1C2. The van der Waals surface area contributed by atoms with Crippen LogP contribution in [0.2, 0.25) is 0 Å². The lowest BCUT2D eigenvalue weighted by atomic mass is 9.83. The third-order valence-electron chi connectivity index (χ3n) is 5.89. The molecule has 0 bridgehead atoms. The fraction of sp³-hybridized carbons (Fsp3) is 0.429. The van der Waals surface area contributed by atoms with Gasteiger partial charge in [-0.2, -0.15) is 0 Å². The summed E-state index contributed by atoms with van der Waals surface area (Å²) >= 11 is 0. The molecule has 2 aromatic rings. The molecule has 4 rings (SSSR count). The molecular formula is C21H25NO5. The van der Waals surface area contributed by atoms with Gasteiger partial charge in [0.25, 0.3) is 0 Å². The largest absolute Gasteiger partial charge is 0.632 e. The average Bonchev–Trinajstić information content (AvgIpc) is 2.69. The molecule has 27 heavy (non-hydrogen) atoms. The van der Waals surface area contributed by atoms with E-state index in [2.05, 4.69) is 0 Å². The highest BCUT2D eigenvalue weighted by Crippen LogP contribution is 2.47. The number of methoxy groups -OCH3 is 4. The van der Waals surface area contributed by atoms with Crippen molar-refractivity contribution in [1.82, 2.24) is 0 Å². The molecule has 2 aliphatic heterocycles. The summed E-state index contributed by atoms with van der Waals surface area (Å²) in [4.78, 5) is 0. The fourth-order valence-corrected chi connectivity index (χ4v) is 4.45. The maximum Gasteiger partial charge on any atom is 0.161 e. The van der Waals surface area contributed by atoms with E-state index in [9.17, 15) is 5.21 Å². The van der Waals surface area contributed by atoms with Crippen molar-refractivity contribution in [1.29, 1.82) is 0 Å². The molecule has 6 heteroatoms. The maximum absolute atomic E-state index is 13.7. The molecule has 0 saturated heterocycles. The van der Waals surface area contributed by atoms with Crippen LogP contribution in [-0.2, 0) is 19.4 Å². The average molecular weight is 371 g/mol. The van der Waals surface area contributed by atoms with Gasteiger partial charge in [-0.15, -0.1) is 0 Å². The van der Waals surface area contributed by atoms with Gasteiger partial charge in [0, 0.05) is 24.0 Å². The topological polar surface area (TPSA) is 60.0 Å². The van der Waals surface area contributed by atoms with Gasteiger partial charge in [0.2, 0.25) is 0 Å². The number of ether oxygens (including phenoxy) is 4. The van der Waals surface area contributed by atoms with Crippen LogP contribution in [0, 0.1) is 5.21 Å². The molecule has 2 aliphatic rings. The lowest BCUT2D eigenvalue weighted by Gasteiger charge is -2.54. The molecule has 0 radical (unpaired) electrons. The van der Waals surface area contributed by atoms with Gasteiger partial charge in [0.05, 0.1) is 35.0 Å². The molecule has 144 valence electrons. The molecule has 0 fully saturated rings. The fourth-order valence-electron chi connectivity index (χ4n) is 4.45. The van der Waals surface area contributed by atoms with Crippen molar-refractivity contribution < 1.29 is 23.6 Å². The van der Waals surface area contributed by atoms with Crippen LogP contribution in [0.1, 0.15) is 28.3 Å². The number of benzene rings is 2. The van der Waals surface area contributed by atoms with E-state index < -0.39 is 0 Å². The number of nitrogens with zero attached hydrogens (tertiary/aromatic N) is 1. The van der Waals surface area contributed by atoms with Crippen LogP contribution < -0.4 is 18.9 Å². The summed E-state index contributed by atoms with van der Waals surface area (Å²) in [5.41, 5.74) is 4.42. The van der Waals surface area contributed by atoms with Crippen LogP contribution >= 0.6 is 0 Å². The molecule has 6 nitrogen and oxygen atoms in total. The van der Waals surface area contributed by atoms with Gasteiger partial charge in [0.15, 0.2) is 23.0 Å². The first kappa shape index (κ1) is 17.9. The minimum absolute atomic E-state index is 0.154. The normalized spacial score (nSPS) is 22.9. The van der Waals surface area contributed by atoms with Gasteiger partial charge in [-0.1, -0.05) is 0 Å². The second kappa shape index (κ2) is 6.62. The summed E-state index contributed by atoms with van der Waals surface area (Å²) in [5.74, 6) is 2.75. The van der Waals surface area contributed by atoms with Crippen molar-refractivity contribution >= 4 is 0 Å². The van der Waals surface area contributed by atoms with Crippen molar-refractivity contribution in [3.63, 3.8) is 0 Å². The number of quaternary nitrogens is 1. The molecule has 2 atom stereocenters. The Morgan fingerprint density at radius 1 is 0.778 bits per heavy atom. The summed E-state index contributed by atoms with van der Waals surface area (Å²) in [7, 11) is 6.51. The smallest absolute Gasteiger partial charge is 0.161 e. The van der Waals surface area contributed by atoms with Gasteiger partial charge < -0.3 is 28.8 Å². The minimum atomic E-state index is -0.245. The molecule has 2 heterocycles. The Hall–Kier alpha value is -2.44. The van der Waals surface area contributed by atoms with E-state index >= 15 is 0 Å². The van der Waals surface area contributed by atoms with Crippen LogP contribution in [0.15, 0.2) is 24.3 Å². The predicted molar refractivity (Wildman–Crippen MR) is 101 cm³/mol. The summed E-state index contributed by atoms with van der Waals surface area (Å²) in [6.45, 7) is 0.995. The van der Waals surface area contributed by atoms with Gasteiger partial charge in [-0.3, -0.25) is 0 Å². The Kier molecular flexibility index (Phi) is 4.40. The Labute approximate surface area is 159 Å². The minimum Gasteiger partial charge on any atom is -0.632 e. The van der Waals surface area contributed by atoms with E-state index in [0.29, 0.717) is 42.5 Å². The zero-order valence-electron chi connectivity index (χ0n) is 16.2. The lowest BCUT2D eigenvalue weighted by Crippen LogP contribution is -2.52. The molecule has 2 unspecified atom stereocenters. The number of hydroxylamine groups is 3. The summed E-state index contributed by atoms with van der Waals surface area (Å²) in [5, 5.41) is 13.7. The molecule has 0 amide bonds. The standard InChI is InChI=1S/C21H25NO5/c1-24-18-8-13-5-6-22(23)12-15-10-20(26-3)19(25-2)9-14(15)7-17(22)16(13)11-21(18)27-4/h8-11,17H,5-7,12H2,1-4H3. The van der Waals surface area contributed by atoms with Crippen molar-refractivity contribution in [3.05, 3.63) is 51.7 Å². The van der Waals surface area contributed by atoms with Crippen LogP contribution in [-0.4, -0.2) is 39.6 Å². The van der Waals surface area contributed by atoms with Crippen molar-refractivity contribution in [2.75, 3.05) is 35.0 Å². The zero-order chi connectivity index (χ0) is 19.2. The Balaban J connectivity index is 1.80. The van der Waals surface area contributed by atoms with Crippen molar-refractivity contribution in [2.45, 2.75) is 25.4 Å². The van der Waals surface area contributed by atoms with E-state index in [1.807, 2.05) is 24.3 Å². The molecule has 0 spiro atoms. The molecular weight excluding hydrogens is 346 g/mol. The van der Waals surface area contributed by atoms with E-state index in [1.165, 1.54) is 5.56 Å². The number of hydrogen-bond acceptors (Lipinski definition) is 5. The third-order valence-corrected chi connectivity index (χ3v) is 5.89. The van der Waals surface area contributed by atoms with E-state index in [4.69, 9.17) is 18.9 Å². The predicted octanol–water partition coefficient (Wildman–Crippen LogP) is 3.39. The first-order valence-electron chi connectivity index (χ1n) is 9.09. The quantitative estimate of drug-likeness (QED) is 0.609. The Morgan fingerprint density at radius 3 is 1.89 bits per heavy atom. The van der Waals surface area contributed by atoms with Gasteiger partial charge in [-0.25, -0.2) is 0 Å². The number of hydrogen-bond donors (Lipinski definition) is 0. The molecule has 0 aromatic heterocycles. The highest BCUT2D eigenvalue weighted by atomic mass is 16.5. The number of rotatable bonds is 4. The monoisotopic (exact) mass is 371 g/mol. The zero-order valence-corrected chi connectivity index (χ0v) is 16.2.